The average molecular weight is 648 g/mol. The minimum atomic E-state index is -4.29. The second-order valence-electron chi connectivity index (χ2n) is 10.6. The van der Waals surface area contributed by atoms with Crippen LogP contribution in [0.1, 0.15) is 30.0 Å². The molecule has 0 saturated carbocycles. The molecule has 236 valence electrons. The molecule has 45 heavy (non-hydrogen) atoms. The van der Waals surface area contributed by atoms with E-state index in [0.29, 0.717) is 13.0 Å². The summed E-state index contributed by atoms with van der Waals surface area (Å²) in [4.78, 5) is 29.8. The number of nitrogens with zero attached hydrogens (tertiary/aromatic N) is 2. The fourth-order valence-electron chi connectivity index (χ4n) is 4.98. The van der Waals surface area contributed by atoms with Crippen LogP contribution >= 0.6 is 11.6 Å². The molecule has 0 fully saturated rings. The molecule has 0 aliphatic carbocycles. The highest BCUT2D eigenvalue weighted by Crippen LogP contribution is 2.35. The minimum Gasteiger partial charge on any atom is -0.495 e. The molecule has 4 aromatic rings. The lowest BCUT2D eigenvalue weighted by Crippen LogP contribution is -2.53. The van der Waals surface area contributed by atoms with Crippen molar-refractivity contribution in [2.45, 2.75) is 44.2 Å². The fraction of sp³-hybridized carbons (Fsp3) is 0.257. The van der Waals surface area contributed by atoms with Gasteiger partial charge in [-0.3, -0.25) is 13.9 Å². The summed E-state index contributed by atoms with van der Waals surface area (Å²) in [6.45, 7) is 3.81. The first kappa shape index (κ1) is 33.6. The van der Waals surface area contributed by atoms with Crippen LogP contribution in [0, 0.1) is 6.92 Å². The average Bonchev–Trinajstić information content (AvgIpc) is 3.05. The van der Waals surface area contributed by atoms with Crippen LogP contribution in [0.4, 0.5) is 5.69 Å². The predicted octanol–water partition coefficient (Wildman–Crippen LogP) is 6.02. The first-order chi connectivity index (χ1) is 21.6. The molecule has 0 heterocycles. The molecule has 8 nitrogen and oxygen atoms in total. The molecule has 1 atom stereocenters. The second kappa shape index (κ2) is 15.6. The summed E-state index contributed by atoms with van der Waals surface area (Å²) in [5, 5.41) is 3.22. The second-order valence-corrected chi connectivity index (χ2v) is 12.9. The van der Waals surface area contributed by atoms with Gasteiger partial charge >= 0.3 is 0 Å². The van der Waals surface area contributed by atoms with Gasteiger partial charge in [0.15, 0.2) is 0 Å². The summed E-state index contributed by atoms with van der Waals surface area (Å²) in [5.74, 6) is -0.661. The Hall–Kier alpha value is -4.34. The number of halogens is 1. The van der Waals surface area contributed by atoms with E-state index in [4.69, 9.17) is 16.3 Å². The number of hydrogen-bond donors (Lipinski definition) is 1. The normalized spacial score (nSPS) is 11.8. The Bertz CT molecular complexity index is 1700. The van der Waals surface area contributed by atoms with E-state index in [2.05, 4.69) is 5.32 Å². The highest BCUT2D eigenvalue weighted by Gasteiger charge is 2.35. The van der Waals surface area contributed by atoms with Gasteiger partial charge in [-0.25, -0.2) is 8.42 Å². The summed E-state index contributed by atoms with van der Waals surface area (Å²) in [6, 6.07) is 28.6. The molecule has 0 bridgehead atoms. The van der Waals surface area contributed by atoms with E-state index in [0.717, 1.165) is 21.0 Å². The molecule has 0 radical (unpaired) electrons. The van der Waals surface area contributed by atoms with E-state index in [1.807, 2.05) is 68.4 Å². The monoisotopic (exact) mass is 647 g/mol. The lowest BCUT2D eigenvalue weighted by Gasteiger charge is -2.34. The lowest BCUT2D eigenvalue weighted by atomic mass is 10.0. The summed E-state index contributed by atoms with van der Waals surface area (Å²) < 4.78 is 34.9. The number of hydrogen-bond acceptors (Lipinski definition) is 5. The SMILES string of the molecule is CCCNC(=O)[C@H](Cc1ccccc1)N(Cc1ccccc1C)C(=O)CN(c1cc(Cl)ccc1OC)S(=O)(=O)c1ccccc1. The Balaban J connectivity index is 1.85. The van der Waals surface area contributed by atoms with Gasteiger partial charge in [-0.15, -0.1) is 0 Å². The number of ether oxygens (including phenoxy) is 1. The first-order valence-electron chi connectivity index (χ1n) is 14.7. The Morgan fingerprint density at radius 1 is 0.911 bits per heavy atom. The Labute approximate surface area is 270 Å². The maximum absolute atomic E-state index is 14.6. The molecule has 4 rings (SSSR count). The third-order valence-corrected chi connectivity index (χ3v) is 9.45. The lowest BCUT2D eigenvalue weighted by molar-refractivity contribution is -0.140. The van der Waals surface area contributed by atoms with Crippen molar-refractivity contribution in [3.63, 3.8) is 0 Å². The smallest absolute Gasteiger partial charge is 0.264 e. The van der Waals surface area contributed by atoms with Crippen molar-refractivity contribution in [3.8, 4) is 5.75 Å². The first-order valence-corrected chi connectivity index (χ1v) is 16.5. The zero-order valence-corrected chi connectivity index (χ0v) is 27.2. The number of carbonyl (C=O) groups is 2. The van der Waals surface area contributed by atoms with Gasteiger partial charge in [-0.2, -0.15) is 0 Å². The maximum Gasteiger partial charge on any atom is 0.264 e. The van der Waals surface area contributed by atoms with Gasteiger partial charge in [0.25, 0.3) is 10.0 Å². The zero-order valence-electron chi connectivity index (χ0n) is 25.6. The van der Waals surface area contributed by atoms with Crippen LogP contribution in [0.3, 0.4) is 0 Å². The zero-order chi connectivity index (χ0) is 32.4. The Kier molecular flexibility index (Phi) is 11.6. The number of carbonyl (C=O) groups excluding carboxylic acids is 2. The fourth-order valence-corrected chi connectivity index (χ4v) is 6.59. The number of rotatable bonds is 14. The number of nitrogens with one attached hydrogen (secondary N) is 1. The van der Waals surface area contributed by atoms with Crippen LogP contribution in [0.25, 0.3) is 0 Å². The van der Waals surface area contributed by atoms with Crippen molar-refractivity contribution in [1.82, 2.24) is 10.2 Å². The Morgan fingerprint density at radius 3 is 2.20 bits per heavy atom. The van der Waals surface area contributed by atoms with Crippen LogP contribution in [0.2, 0.25) is 5.02 Å². The van der Waals surface area contributed by atoms with Gasteiger partial charge in [-0.1, -0.05) is 91.3 Å². The number of anilines is 1. The molecular weight excluding hydrogens is 610 g/mol. The van der Waals surface area contributed by atoms with Crippen molar-refractivity contribution < 1.29 is 22.7 Å². The standard InChI is InChI=1S/C35H38ClN3O5S/c1-4-21-37-35(41)32(22-27-14-7-5-8-15-27)38(24-28-16-12-11-13-26(28)2)34(40)25-39(31-23-29(36)19-20-33(31)44-3)45(42,43)30-17-9-6-10-18-30/h5-20,23,32H,4,21-22,24-25H2,1-3H3,(H,37,41)/t32-/m0/s1. The number of amides is 2. The minimum absolute atomic E-state index is 0.00759. The van der Waals surface area contributed by atoms with Crippen molar-refractivity contribution in [2.75, 3.05) is 24.5 Å². The number of benzene rings is 4. The van der Waals surface area contributed by atoms with Crippen molar-refractivity contribution in [2.24, 2.45) is 0 Å². The van der Waals surface area contributed by atoms with Crippen LogP contribution in [-0.4, -0.2) is 51.4 Å². The van der Waals surface area contributed by atoms with Gasteiger partial charge in [-0.05, 0) is 60.4 Å². The molecule has 0 saturated heterocycles. The van der Waals surface area contributed by atoms with Crippen molar-refractivity contribution in [1.29, 1.82) is 0 Å². The predicted molar refractivity (Wildman–Crippen MR) is 178 cm³/mol. The van der Waals surface area contributed by atoms with E-state index in [1.165, 1.54) is 30.2 Å². The van der Waals surface area contributed by atoms with Gasteiger partial charge in [0, 0.05) is 24.5 Å². The largest absolute Gasteiger partial charge is 0.495 e. The molecule has 2 amide bonds. The van der Waals surface area contributed by atoms with E-state index in [1.54, 1.807) is 30.3 Å². The van der Waals surface area contributed by atoms with E-state index in [9.17, 15) is 18.0 Å². The molecule has 0 aliphatic heterocycles. The van der Waals surface area contributed by atoms with Crippen LogP contribution in [0.15, 0.2) is 108 Å². The molecule has 0 aromatic heterocycles. The number of methoxy groups -OCH3 is 1. The van der Waals surface area contributed by atoms with Gasteiger partial charge in [0.2, 0.25) is 11.8 Å². The molecule has 1 N–H and O–H groups in total. The van der Waals surface area contributed by atoms with Crippen molar-refractivity contribution >= 4 is 39.1 Å². The van der Waals surface area contributed by atoms with Gasteiger partial charge in [0.05, 0.1) is 17.7 Å². The van der Waals surface area contributed by atoms with E-state index in [-0.39, 0.29) is 40.2 Å². The Morgan fingerprint density at radius 2 is 1.56 bits per heavy atom. The quantitative estimate of drug-likeness (QED) is 0.181. The molecule has 0 unspecified atom stereocenters. The highest BCUT2D eigenvalue weighted by atomic mass is 35.5. The highest BCUT2D eigenvalue weighted by molar-refractivity contribution is 7.92. The summed E-state index contributed by atoms with van der Waals surface area (Å²) in [5.41, 5.74) is 2.74. The molecular formula is C35H38ClN3O5S. The molecule has 0 spiro atoms. The molecule has 10 heteroatoms. The number of aryl methyl sites for hydroxylation is 1. The summed E-state index contributed by atoms with van der Waals surface area (Å²) in [7, 11) is -2.87. The molecule has 4 aromatic carbocycles. The number of sulfonamides is 1. The third kappa shape index (κ3) is 8.44. The summed E-state index contributed by atoms with van der Waals surface area (Å²) >= 11 is 6.34. The molecule has 0 aliphatic rings. The van der Waals surface area contributed by atoms with E-state index >= 15 is 0 Å². The summed E-state index contributed by atoms with van der Waals surface area (Å²) in [6.07, 6.45) is 0.952. The van der Waals surface area contributed by atoms with Gasteiger partial charge < -0.3 is 15.0 Å². The van der Waals surface area contributed by atoms with E-state index < -0.39 is 28.5 Å². The van der Waals surface area contributed by atoms with Crippen LogP contribution in [-0.2, 0) is 32.6 Å². The van der Waals surface area contributed by atoms with Gasteiger partial charge in [0.1, 0.15) is 18.3 Å². The topological polar surface area (TPSA) is 96.0 Å². The maximum atomic E-state index is 14.6. The van der Waals surface area contributed by atoms with Crippen molar-refractivity contribution in [3.05, 3.63) is 125 Å². The third-order valence-electron chi connectivity index (χ3n) is 7.44. The van der Waals surface area contributed by atoms with Crippen LogP contribution < -0.4 is 14.4 Å². The van der Waals surface area contributed by atoms with Crippen LogP contribution in [0.5, 0.6) is 5.75 Å².